The van der Waals surface area contributed by atoms with Gasteiger partial charge in [0.25, 0.3) is 0 Å². The highest BCUT2D eigenvalue weighted by Crippen LogP contribution is 2.41. The number of ether oxygens (including phenoxy) is 1. The lowest BCUT2D eigenvalue weighted by atomic mass is 9.85. The molecule has 1 amide bonds. The number of H-pyrrole nitrogens is 1. The fourth-order valence-electron chi connectivity index (χ4n) is 5.57. The zero-order valence-electron chi connectivity index (χ0n) is 21.4. The van der Waals surface area contributed by atoms with Crippen molar-refractivity contribution >= 4 is 28.5 Å². The molecule has 1 atom stereocenters. The van der Waals surface area contributed by atoms with Crippen LogP contribution >= 0.6 is 11.6 Å². The molecule has 0 radical (unpaired) electrons. The second kappa shape index (κ2) is 10.2. The van der Waals surface area contributed by atoms with Gasteiger partial charge < -0.3 is 15.0 Å². The van der Waals surface area contributed by atoms with Crippen molar-refractivity contribution in [1.82, 2.24) is 25.1 Å². The molecule has 7 nitrogen and oxygen atoms in total. The number of nitrogens with one attached hydrogen (secondary N) is 2. The maximum absolute atomic E-state index is 14.3. The van der Waals surface area contributed by atoms with E-state index >= 15 is 0 Å². The molecule has 0 aliphatic heterocycles. The van der Waals surface area contributed by atoms with Crippen LogP contribution in [0.2, 0.25) is 5.02 Å². The lowest BCUT2D eigenvalue weighted by molar-refractivity contribution is -0.125. The highest BCUT2D eigenvalue weighted by Gasteiger charge is 2.28. The van der Waals surface area contributed by atoms with Crippen molar-refractivity contribution in [3.05, 3.63) is 64.5 Å². The zero-order chi connectivity index (χ0) is 26.3. The van der Waals surface area contributed by atoms with E-state index in [2.05, 4.69) is 27.5 Å². The summed E-state index contributed by atoms with van der Waals surface area (Å²) in [5.74, 6) is 0.0475. The van der Waals surface area contributed by atoms with Gasteiger partial charge in [-0.25, -0.2) is 9.37 Å². The van der Waals surface area contributed by atoms with E-state index in [0.717, 1.165) is 59.1 Å². The third kappa shape index (κ3) is 4.59. The zero-order valence-corrected chi connectivity index (χ0v) is 22.2. The van der Waals surface area contributed by atoms with Crippen LogP contribution in [0.3, 0.4) is 0 Å². The number of benzene rings is 1. The summed E-state index contributed by atoms with van der Waals surface area (Å²) >= 11 is 6.39. The molecule has 3 heterocycles. The van der Waals surface area contributed by atoms with Gasteiger partial charge in [0.2, 0.25) is 5.91 Å². The minimum Gasteiger partial charge on any atom is -0.496 e. The van der Waals surface area contributed by atoms with Crippen LogP contribution < -0.4 is 10.1 Å². The second-order valence-corrected chi connectivity index (χ2v) is 10.2. The molecule has 5 rings (SSSR count). The molecule has 0 saturated heterocycles. The first-order valence-electron chi connectivity index (χ1n) is 12.6. The third-order valence-electron chi connectivity index (χ3n) is 7.69. The van der Waals surface area contributed by atoms with Gasteiger partial charge in [-0.1, -0.05) is 18.5 Å². The fraction of sp³-hybridized carbons (Fsp3) is 0.393. The van der Waals surface area contributed by atoms with Crippen LogP contribution in [0.5, 0.6) is 5.75 Å². The Hall–Kier alpha value is -3.39. The Morgan fingerprint density at radius 2 is 2.05 bits per heavy atom. The van der Waals surface area contributed by atoms with Crippen molar-refractivity contribution in [3.8, 4) is 16.9 Å². The minimum absolute atomic E-state index is 0.0635. The van der Waals surface area contributed by atoms with Gasteiger partial charge in [0.1, 0.15) is 17.2 Å². The van der Waals surface area contributed by atoms with E-state index in [0.29, 0.717) is 11.3 Å². The van der Waals surface area contributed by atoms with Gasteiger partial charge in [-0.2, -0.15) is 5.10 Å². The molecule has 2 N–H and O–H groups in total. The van der Waals surface area contributed by atoms with E-state index in [9.17, 15) is 9.18 Å². The number of carbonyl (C=O) groups is 1. The number of pyridine rings is 1. The molecular weight excluding hydrogens is 493 g/mol. The van der Waals surface area contributed by atoms with Gasteiger partial charge in [0.15, 0.2) is 0 Å². The molecule has 0 spiro atoms. The first-order valence-corrected chi connectivity index (χ1v) is 13.0. The van der Waals surface area contributed by atoms with Gasteiger partial charge in [0.05, 0.1) is 23.9 Å². The first kappa shape index (κ1) is 25.3. The number of aromatic amines is 1. The van der Waals surface area contributed by atoms with Crippen molar-refractivity contribution in [3.63, 3.8) is 0 Å². The topological polar surface area (TPSA) is 84.8 Å². The lowest BCUT2D eigenvalue weighted by Crippen LogP contribution is -2.31. The summed E-state index contributed by atoms with van der Waals surface area (Å²) in [6, 6.07) is 5.29. The smallest absolute Gasteiger partial charge is 0.222 e. The molecule has 0 unspecified atom stereocenters. The van der Waals surface area contributed by atoms with E-state index in [-0.39, 0.29) is 28.8 Å². The van der Waals surface area contributed by atoms with Crippen LogP contribution in [0.15, 0.2) is 36.8 Å². The van der Waals surface area contributed by atoms with Crippen molar-refractivity contribution in [2.75, 3.05) is 14.2 Å². The maximum atomic E-state index is 14.3. The summed E-state index contributed by atoms with van der Waals surface area (Å²) in [4.78, 5) is 19.9. The molecule has 0 bridgehead atoms. The van der Waals surface area contributed by atoms with Crippen molar-refractivity contribution < 1.29 is 13.9 Å². The Labute approximate surface area is 220 Å². The Bertz CT molecular complexity index is 1450. The molecular formula is C28H31ClFN5O2. The van der Waals surface area contributed by atoms with Crippen molar-refractivity contribution in [1.29, 1.82) is 0 Å². The molecule has 37 heavy (non-hydrogen) atoms. The van der Waals surface area contributed by atoms with Crippen LogP contribution in [0.1, 0.15) is 61.4 Å². The molecule has 1 fully saturated rings. The summed E-state index contributed by atoms with van der Waals surface area (Å²) in [5, 5.41) is 8.59. The molecule has 9 heteroatoms. The van der Waals surface area contributed by atoms with Gasteiger partial charge in [0, 0.05) is 59.6 Å². The molecule has 4 aromatic rings. The maximum Gasteiger partial charge on any atom is 0.222 e. The Kier molecular flexibility index (Phi) is 6.94. The summed E-state index contributed by atoms with van der Waals surface area (Å²) in [6.07, 6.45) is 9.40. The Morgan fingerprint density at radius 3 is 2.76 bits per heavy atom. The quantitative estimate of drug-likeness (QED) is 0.317. The monoisotopic (exact) mass is 523 g/mol. The SMILES string of the molecule is CNC(=O)[C@H]1CC[C@H](n2cc(-c3cnc4[nH]cc([C@H](C)c5c(OC)ccc(F)c5Cl)c4c3)c(C)n2)CC1. The molecule has 3 aromatic heterocycles. The number of methoxy groups -OCH3 is 1. The van der Waals surface area contributed by atoms with Crippen molar-refractivity contribution in [2.45, 2.75) is 51.5 Å². The average molecular weight is 524 g/mol. The summed E-state index contributed by atoms with van der Waals surface area (Å²) < 4.78 is 21.9. The van der Waals surface area contributed by atoms with Crippen LogP contribution in [0.4, 0.5) is 4.39 Å². The van der Waals surface area contributed by atoms with Gasteiger partial charge >= 0.3 is 0 Å². The number of amides is 1. The van der Waals surface area contributed by atoms with Gasteiger partial charge in [-0.3, -0.25) is 9.48 Å². The number of nitrogens with zero attached hydrogens (tertiary/aromatic N) is 3. The fourth-order valence-corrected chi connectivity index (χ4v) is 5.89. The number of aryl methyl sites for hydroxylation is 1. The average Bonchev–Trinajstić information content (AvgIpc) is 3.52. The van der Waals surface area contributed by atoms with E-state index in [1.807, 2.05) is 30.9 Å². The molecule has 1 aliphatic rings. The largest absolute Gasteiger partial charge is 0.496 e. The van der Waals surface area contributed by atoms with Crippen LogP contribution in [0.25, 0.3) is 22.2 Å². The van der Waals surface area contributed by atoms with Gasteiger partial charge in [-0.05, 0) is 56.4 Å². The van der Waals surface area contributed by atoms with Crippen molar-refractivity contribution in [2.24, 2.45) is 5.92 Å². The summed E-state index contributed by atoms with van der Waals surface area (Å²) in [7, 11) is 3.25. The number of fused-ring (bicyclic) bond motifs is 1. The van der Waals surface area contributed by atoms with Crippen LogP contribution in [-0.4, -0.2) is 39.8 Å². The van der Waals surface area contributed by atoms with E-state index in [1.54, 1.807) is 20.2 Å². The van der Waals surface area contributed by atoms with Gasteiger partial charge in [-0.15, -0.1) is 0 Å². The third-order valence-corrected chi connectivity index (χ3v) is 8.07. The molecule has 1 saturated carbocycles. The van der Waals surface area contributed by atoms with E-state index in [1.165, 1.54) is 6.07 Å². The predicted octanol–water partition coefficient (Wildman–Crippen LogP) is 6.17. The number of rotatable bonds is 6. The Morgan fingerprint density at radius 1 is 1.30 bits per heavy atom. The van der Waals surface area contributed by atoms with Crippen LogP contribution in [0, 0.1) is 18.7 Å². The summed E-state index contributed by atoms with van der Waals surface area (Å²) in [5.41, 5.74) is 5.20. The number of halogens is 2. The highest BCUT2D eigenvalue weighted by atomic mass is 35.5. The molecule has 1 aliphatic carbocycles. The number of aromatic nitrogens is 4. The molecule has 1 aromatic carbocycles. The highest BCUT2D eigenvalue weighted by molar-refractivity contribution is 6.31. The summed E-state index contributed by atoms with van der Waals surface area (Å²) in [6.45, 7) is 3.99. The number of carbonyl (C=O) groups excluding carboxylic acids is 1. The standard InChI is InChI=1S/C28H31ClFN5O2/c1-15(25-24(37-4)10-9-23(30)26(25)29)21-13-33-27-20(21)11-18(12-32-27)22-14-35(34-16(22)2)19-7-5-17(6-8-19)28(36)31-3/h9-15,17,19H,5-8H2,1-4H3,(H,31,36)(H,32,33)/t15-,17-,19-/m0/s1. The lowest BCUT2D eigenvalue weighted by Gasteiger charge is -2.27. The number of hydrogen-bond donors (Lipinski definition) is 2. The normalized spacial score (nSPS) is 18.6. The second-order valence-electron chi connectivity index (χ2n) is 9.79. The first-order chi connectivity index (χ1) is 17.8. The van der Waals surface area contributed by atoms with Crippen LogP contribution in [-0.2, 0) is 4.79 Å². The van der Waals surface area contributed by atoms with E-state index < -0.39 is 5.82 Å². The Balaban J connectivity index is 1.46. The minimum atomic E-state index is -0.477. The predicted molar refractivity (Wildman–Crippen MR) is 143 cm³/mol. The number of hydrogen-bond acceptors (Lipinski definition) is 4. The molecule has 194 valence electrons. The van der Waals surface area contributed by atoms with E-state index in [4.69, 9.17) is 21.4 Å².